The minimum absolute atomic E-state index is 0.0726. The first kappa shape index (κ1) is 11.0. The molecule has 6 heteroatoms. The van der Waals surface area contributed by atoms with Gasteiger partial charge in [0.25, 0.3) is 0 Å². The van der Waals surface area contributed by atoms with E-state index in [4.69, 9.17) is 0 Å². The summed E-state index contributed by atoms with van der Waals surface area (Å²) in [6.45, 7) is 1.84. The maximum atomic E-state index is 12.0. The second-order valence-electron chi connectivity index (χ2n) is 3.93. The van der Waals surface area contributed by atoms with Crippen LogP contribution in [0.1, 0.15) is 35.7 Å². The molecule has 1 aromatic heterocycles. The molecular formula is C9H14N2O2S2. The number of hydrogen-bond donors (Lipinski definition) is 0. The zero-order valence-electron chi connectivity index (χ0n) is 8.64. The minimum Gasteiger partial charge on any atom is -0.228 e. The topological polar surface area (TPSA) is 59.9 Å². The predicted molar refractivity (Wildman–Crippen MR) is 59.5 cm³/mol. The molecule has 0 amide bonds. The lowest BCUT2D eigenvalue weighted by Gasteiger charge is -2.08. The fourth-order valence-electron chi connectivity index (χ4n) is 1.93. The van der Waals surface area contributed by atoms with E-state index in [0.717, 1.165) is 30.7 Å². The Morgan fingerprint density at radius 1 is 1.33 bits per heavy atom. The van der Waals surface area contributed by atoms with Gasteiger partial charge in [0.2, 0.25) is 0 Å². The molecule has 84 valence electrons. The van der Waals surface area contributed by atoms with Gasteiger partial charge in [-0.05, 0) is 19.8 Å². The molecule has 0 atom stereocenters. The molecule has 1 heterocycles. The van der Waals surface area contributed by atoms with Crippen molar-refractivity contribution in [3.8, 4) is 0 Å². The molecule has 1 fully saturated rings. The van der Waals surface area contributed by atoms with Crippen LogP contribution in [0.15, 0.2) is 0 Å². The summed E-state index contributed by atoms with van der Waals surface area (Å²) in [5.41, 5.74) is 0. The highest BCUT2D eigenvalue weighted by atomic mass is 32.2. The normalized spacial score (nSPS) is 18.5. The van der Waals surface area contributed by atoms with Gasteiger partial charge >= 0.3 is 0 Å². The minimum atomic E-state index is -2.99. The molecule has 0 aliphatic heterocycles. The van der Waals surface area contributed by atoms with E-state index < -0.39 is 9.84 Å². The van der Waals surface area contributed by atoms with Crippen molar-refractivity contribution in [3.63, 3.8) is 0 Å². The quantitative estimate of drug-likeness (QED) is 0.814. The summed E-state index contributed by atoms with van der Waals surface area (Å²) < 4.78 is 23.9. The third-order valence-electron chi connectivity index (χ3n) is 2.70. The third-order valence-corrected chi connectivity index (χ3v) is 5.89. The van der Waals surface area contributed by atoms with Gasteiger partial charge in [-0.2, -0.15) is 0 Å². The number of rotatable bonds is 3. The van der Waals surface area contributed by atoms with E-state index in [-0.39, 0.29) is 11.0 Å². The van der Waals surface area contributed by atoms with E-state index in [2.05, 4.69) is 10.2 Å². The van der Waals surface area contributed by atoms with E-state index in [1.165, 1.54) is 11.3 Å². The van der Waals surface area contributed by atoms with Crippen LogP contribution in [0.25, 0.3) is 0 Å². The van der Waals surface area contributed by atoms with Crippen molar-refractivity contribution in [2.45, 2.75) is 43.6 Å². The second kappa shape index (κ2) is 4.17. The lowest BCUT2D eigenvalue weighted by Crippen LogP contribution is -2.19. The van der Waals surface area contributed by atoms with Gasteiger partial charge in [-0.25, -0.2) is 8.42 Å². The highest BCUT2D eigenvalue weighted by Gasteiger charge is 2.29. The van der Waals surface area contributed by atoms with E-state index in [0.29, 0.717) is 5.01 Å². The summed E-state index contributed by atoms with van der Waals surface area (Å²) >= 11 is 1.37. The molecule has 0 spiro atoms. The average Bonchev–Trinajstić information content (AvgIpc) is 2.75. The Kier molecular flexibility index (Phi) is 3.06. The number of hydrogen-bond acceptors (Lipinski definition) is 5. The van der Waals surface area contributed by atoms with E-state index in [9.17, 15) is 8.42 Å². The molecule has 0 N–H and O–H groups in total. The fraction of sp³-hybridized carbons (Fsp3) is 0.778. The van der Waals surface area contributed by atoms with Crippen LogP contribution in [-0.4, -0.2) is 23.9 Å². The van der Waals surface area contributed by atoms with Crippen LogP contribution in [0.5, 0.6) is 0 Å². The second-order valence-corrected chi connectivity index (χ2v) is 7.48. The summed E-state index contributed by atoms with van der Waals surface area (Å²) in [6, 6.07) is 0. The monoisotopic (exact) mass is 246 g/mol. The lowest BCUT2D eigenvalue weighted by atomic mass is 10.4. The van der Waals surface area contributed by atoms with E-state index in [1.807, 2.05) is 6.92 Å². The molecule has 1 aliphatic rings. The zero-order valence-corrected chi connectivity index (χ0v) is 10.3. The Bertz CT molecular complexity index is 433. The molecular weight excluding hydrogens is 232 g/mol. The van der Waals surface area contributed by atoms with Crippen LogP contribution in [0.3, 0.4) is 0 Å². The van der Waals surface area contributed by atoms with Gasteiger partial charge in [-0.3, -0.25) is 0 Å². The van der Waals surface area contributed by atoms with Gasteiger partial charge in [-0.1, -0.05) is 12.8 Å². The maximum Gasteiger partial charge on any atom is 0.159 e. The predicted octanol–water partition coefficient (Wildman–Crippen LogP) is 1.70. The smallest absolute Gasteiger partial charge is 0.159 e. The molecule has 0 bridgehead atoms. The highest BCUT2D eigenvalue weighted by molar-refractivity contribution is 7.91. The molecule has 0 unspecified atom stereocenters. The Morgan fingerprint density at radius 2 is 2.00 bits per heavy atom. The summed E-state index contributed by atoms with van der Waals surface area (Å²) in [5, 5.41) is 9.01. The highest BCUT2D eigenvalue weighted by Crippen LogP contribution is 2.27. The van der Waals surface area contributed by atoms with Crippen molar-refractivity contribution < 1.29 is 8.42 Å². The summed E-state index contributed by atoms with van der Waals surface area (Å²) in [5.74, 6) is 0.0726. The molecule has 0 aromatic carbocycles. The first-order chi connectivity index (χ1) is 7.08. The van der Waals surface area contributed by atoms with Gasteiger partial charge in [0, 0.05) is 0 Å². The van der Waals surface area contributed by atoms with Gasteiger partial charge < -0.3 is 0 Å². The largest absolute Gasteiger partial charge is 0.228 e. The standard InChI is InChI=1S/C9H14N2O2S2/c1-7-10-11-9(14-7)6-15(12,13)8-4-2-3-5-8/h8H,2-6H2,1H3. The van der Waals surface area contributed by atoms with Crippen molar-refractivity contribution in [2.24, 2.45) is 0 Å². The lowest BCUT2D eigenvalue weighted by molar-refractivity contribution is 0.578. The van der Waals surface area contributed by atoms with Crippen LogP contribution in [0.4, 0.5) is 0 Å². The van der Waals surface area contributed by atoms with E-state index >= 15 is 0 Å². The zero-order chi connectivity index (χ0) is 10.9. The first-order valence-corrected chi connectivity index (χ1v) is 7.62. The van der Waals surface area contributed by atoms with Crippen molar-refractivity contribution in [1.82, 2.24) is 10.2 Å². The van der Waals surface area contributed by atoms with Gasteiger partial charge in [0.15, 0.2) is 9.84 Å². The van der Waals surface area contributed by atoms with Crippen LogP contribution in [-0.2, 0) is 15.6 Å². The van der Waals surface area contributed by atoms with Crippen LogP contribution in [0.2, 0.25) is 0 Å². The SMILES string of the molecule is Cc1nnc(CS(=O)(=O)C2CCCC2)s1. The van der Waals surface area contributed by atoms with Gasteiger partial charge in [0.1, 0.15) is 15.8 Å². The Balaban J connectivity index is 2.10. The van der Waals surface area contributed by atoms with Crippen LogP contribution in [0, 0.1) is 6.92 Å². The third kappa shape index (κ3) is 2.55. The molecule has 0 radical (unpaired) electrons. The summed E-state index contributed by atoms with van der Waals surface area (Å²) in [6.07, 6.45) is 3.72. The van der Waals surface area contributed by atoms with Gasteiger partial charge in [-0.15, -0.1) is 21.5 Å². The molecule has 2 rings (SSSR count). The molecule has 1 aromatic rings. The van der Waals surface area contributed by atoms with E-state index in [1.54, 1.807) is 0 Å². The molecule has 15 heavy (non-hydrogen) atoms. The van der Waals surface area contributed by atoms with Crippen molar-refractivity contribution in [2.75, 3.05) is 0 Å². The van der Waals surface area contributed by atoms with Crippen LogP contribution < -0.4 is 0 Å². The number of aromatic nitrogens is 2. The average molecular weight is 246 g/mol. The van der Waals surface area contributed by atoms with Crippen molar-refractivity contribution >= 4 is 21.2 Å². The summed E-state index contributed by atoms with van der Waals surface area (Å²) in [4.78, 5) is 0. The number of nitrogens with zero attached hydrogens (tertiary/aromatic N) is 2. The summed E-state index contributed by atoms with van der Waals surface area (Å²) in [7, 11) is -2.99. The molecule has 0 saturated heterocycles. The first-order valence-electron chi connectivity index (χ1n) is 5.08. The number of aryl methyl sites for hydroxylation is 1. The van der Waals surface area contributed by atoms with Crippen molar-refractivity contribution in [3.05, 3.63) is 10.0 Å². The Morgan fingerprint density at radius 3 is 2.53 bits per heavy atom. The Labute approximate surface area is 93.7 Å². The fourth-order valence-corrected chi connectivity index (χ4v) is 4.86. The molecule has 1 saturated carbocycles. The number of sulfone groups is 1. The van der Waals surface area contributed by atoms with Crippen molar-refractivity contribution in [1.29, 1.82) is 0 Å². The maximum absolute atomic E-state index is 12.0. The Hall–Kier alpha value is -0.490. The molecule has 1 aliphatic carbocycles. The van der Waals surface area contributed by atoms with Crippen LogP contribution >= 0.6 is 11.3 Å². The molecule has 4 nitrogen and oxygen atoms in total. The van der Waals surface area contributed by atoms with Gasteiger partial charge in [0.05, 0.1) is 5.25 Å².